The largest absolute Gasteiger partial charge is 0.289 e. The summed E-state index contributed by atoms with van der Waals surface area (Å²) in [5.41, 5.74) is 1.29. The lowest BCUT2D eigenvalue weighted by molar-refractivity contribution is 0.103. The molecule has 0 N–H and O–H groups in total. The third-order valence-corrected chi connectivity index (χ3v) is 3.63. The van der Waals surface area contributed by atoms with Gasteiger partial charge in [-0.25, -0.2) is 4.39 Å². The van der Waals surface area contributed by atoms with Crippen LogP contribution in [0.2, 0.25) is 5.02 Å². The Morgan fingerprint density at radius 3 is 2.44 bits per heavy atom. The van der Waals surface area contributed by atoms with Gasteiger partial charge in [0.2, 0.25) is 0 Å². The highest BCUT2D eigenvalue weighted by Crippen LogP contribution is 2.23. The van der Waals surface area contributed by atoms with Crippen molar-refractivity contribution in [2.24, 2.45) is 0 Å². The van der Waals surface area contributed by atoms with Gasteiger partial charge in [-0.1, -0.05) is 11.6 Å². The van der Waals surface area contributed by atoms with Gasteiger partial charge in [0, 0.05) is 14.7 Å². The van der Waals surface area contributed by atoms with Gasteiger partial charge in [-0.3, -0.25) is 4.79 Å². The SMILES string of the molecule is Cc1cc(C(=O)c2ccc(I)cc2)c(Cl)cc1F. The van der Waals surface area contributed by atoms with Crippen LogP contribution in [-0.4, -0.2) is 5.78 Å². The van der Waals surface area contributed by atoms with Crippen molar-refractivity contribution in [2.75, 3.05) is 0 Å². The van der Waals surface area contributed by atoms with E-state index >= 15 is 0 Å². The van der Waals surface area contributed by atoms with E-state index in [1.807, 2.05) is 12.1 Å². The van der Waals surface area contributed by atoms with Crippen LogP contribution in [0.5, 0.6) is 0 Å². The smallest absolute Gasteiger partial charge is 0.194 e. The molecule has 0 saturated heterocycles. The fourth-order valence-electron chi connectivity index (χ4n) is 1.59. The fourth-order valence-corrected chi connectivity index (χ4v) is 2.18. The lowest BCUT2D eigenvalue weighted by Crippen LogP contribution is -2.03. The minimum atomic E-state index is -0.404. The van der Waals surface area contributed by atoms with Crippen LogP contribution < -0.4 is 0 Å². The Hall–Kier alpha value is -0.940. The van der Waals surface area contributed by atoms with Crippen molar-refractivity contribution < 1.29 is 9.18 Å². The van der Waals surface area contributed by atoms with Crippen molar-refractivity contribution in [3.8, 4) is 0 Å². The zero-order valence-corrected chi connectivity index (χ0v) is 12.4. The lowest BCUT2D eigenvalue weighted by atomic mass is 10.0. The molecule has 0 atom stereocenters. The van der Waals surface area contributed by atoms with Crippen LogP contribution in [0.25, 0.3) is 0 Å². The second kappa shape index (κ2) is 5.36. The Kier molecular flexibility index (Phi) is 4.02. The van der Waals surface area contributed by atoms with Crippen molar-refractivity contribution in [1.82, 2.24) is 0 Å². The van der Waals surface area contributed by atoms with E-state index in [2.05, 4.69) is 22.6 Å². The Labute approximate surface area is 123 Å². The molecule has 0 fully saturated rings. The molecule has 2 aromatic rings. The van der Waals surface area contributed by atoms with E-state index in [1.165, 1.54) is 12.1 Å². The van der Waals surface area contributed by atoms with Gasteiger partial charge in [0.15, 0.2) is 5.78 Å². The molecule has 0 amide bonds. The predicted molar refractivity (Wildman–Crippen MR) is 78.7 cm³/mol. The molecule has 92 valence electrons. The molecule has 0 spiro atoms. The number of aryl methyl sites for hydroxylation is 1. The van der Waals surface area contributed by atoms with Crippen LogP contribution in [0.15, 0.2) is 36.4 Å². The van der Waals surface area contributed by atoms with Gasteiger partial charge in [-0.05, 0) is 71.5 Å². The van der Waals surface area contributed by atoms with E-state index in [1.54, 1.807) is 19.1 Å². The number of carbonyl (C=O) groups is 1. The molecule has 1 nitrogen and oxygen atoms in total. The Morgan fingerprint density at radius 1 is 1.22 bits per heavy atom. The number of rotatable bonds is 2. The third kappa shape index (κ3) is 2.72. The summed E-state index contributed by atoms with van der Waals surface area (Å²) in [6.45, 7) is 1.61. The number of halogens is 3. The molecule has 0 aliphatic rings. The molecule has 0 aliphatic heterocycles. The molecule has 0 unspecified atom stereocenters. The summed E-state index contributed by atoms with van der Waals surface area (Å²) >= 11 is 8.08. The number of benzene rings is 2. The van der Waals surface area contributed by atoms with Gasteiger partial charge in [-0.15, -0.1) is 0 Å². The van der Waals surface area contributed by atoms with Crippen LogP contribution in [0, 0.1) is 16.3 Å². The van der Waals surface area contributed by atoms with Crippen molar-refractivity contribution in [1.29, 1.82) is 0 Å². The molecule has 18 heavy (non-hydrogen) atoms. The van der Waals surface area contributed by atoms with E-state index in [0.29, 0.717) is 16.7 Å². The van der Waals surface area contributed by atoms with Gasteiger partial charge in [0.25, 0.3) is 0 Å². The van der Waals surface area contributed by atoms with Gasteiger partial charge >= 0.3 is 0 Å². The van der Waals surface area contributed by atoms with E-state index in [9.17, 15) is 9.18 Å². The Morgan fingerprint density at radius 2 is 1.83 bits per heavy atom. The third-order valence-electron chi connectivity index (χ3n) is 2.60. The first-order valence-electron chi connectivity index (χ1n) is 5.25. The fraction of sp³-hybridized carbons (Fsp3) is 0.0714. The quantitative estimate of drug-likeness (QED) is 0.554. The summed E-state index contributed by atoms with van der Waals surface area (Å²) in [5.74, 6) is -0.598. The number of hydrogen-bond donors (Lipinski definition) is 0. The van der Waals surface area contributed by atoms with Gasteiger partial charge in [0.05, 0.1) is 5.02 Å². The van der Waals surface area contributed by atoms with Crippen molar-refractivity contribution >= 4 is 40.0 Å². The average Bonchev–Trinajstić information content (AvgIpc) is 2.34. The van der Waals surface area contributed by atoms with E-state index < -0.39 is 5.82 Å². The van der Waals surface area contributed by atoms with Crippen molar-refractivity contribution in [3.05, 3.63) is 67.5 Å². The standard InChI is InChI=1S/C14H9ClFIO/c1-8-6-11(12(15)7-13(8)16)14(18)9-2-4-10(17)5-3-9/h2-7H,1H3. The van der Waals surface area contributed by atoms with Crippen molar-refractivity contribution in [3.63, 3.8) is 0 Å². The number of hydrogen-bond acceptors (Lipinski definition) is 1. The summed E-state index contributed by atoms with van der Waals surface area (Å²) in [7, 11) is 0. The lowest BCUT2D eigenvalue weighted by Gasteiger charge is -2.06. The zero-order valence-electron chi connectivity index (χ0n) is 9.51. The topological polar surface area (TPSA) is 17.1 Å². The molecular formula is C14H9ClFIO. The molecule has 0 saturated carbocycles. The zero-order chi connectivity index (χ0) is 13.3. The predicted octanol–water partition coefficient (Wildman–Crippen LogP) is 4.62. The molecule has 2 rings (SSSR count). The van der Waals surface area contributed by atoms with E-state index in [0.717, 1.165) is 3.57 Å². The molecule has 0 radical (unpaired) electrons. The molecule has 0 heterocycles. The Balaban J connectivity index is 2.46. The Bertz CT molecular complexity index is 608. The normalized spacial score (nSPS) is 10.4. The monoisotopic (exact) mass is 374 g/mol. The van der Waals surface area contributed by atoms with Crippen LogP contribution in [0.4, 0.5) is 4.39 Å². The summed E-state index contributed by atoms with van der Waals surface area (Å²) < 4.78 is 14.3. The van der Waals surface area contributed by atoms with Crippen LogP contribution in [0.1, 0.15) is 21.5 Å². The van der Waals surface area contributed by atoms with Gasteiger partial charge in [0.1, 0.15) is 5.82 Å². The molecule has 0 bridgehead atoms. The van der Waals surface area contributed by atoms with E-state index in [-0.39, 0.29) is 10.8 Å². The maximum Gasteiger partial charge on any atom is 0.194 e. The minimum absolute atomic E-state index is 0.140. The maximum absolute atomic E-state index is 13.3. The van der Waals surface area contributed by atoms with Gasteiger partial charge < -0.3 is 0 Å². The summed E-state index contributed by atoms with van der Waals surface area (Å²) in [5, 5.41) is 0.140. The van der Waals surface area contributed by atoms with Gasteiger partial charge in [-0.2, -0.15) is 0 Å². The average molecular weight is 375 g/mol. The minimum Gasteiger partial charge on any atom is -0.289 e. The van der Waals surface area contributed by atoms with Crippen LogP contribution in [-0.2, 0) is 0 Å². The maximum atomic E-state index is 13.3. The molecule has 4 heteroatoms. The highest BCUT2D eigenvalue weighted by atomic mass is 127. The molecule has 2 aromatic carbocycles. The van der Waals surface area contributed by atoms with E-state index in [4.69, 9.17) is 11.6 Å². The number of carbonyl (C=O) groups excluding carboxylic acids is 1. The van der Waals surface area contributed by atoms with Crippen LogP contribution in [0.3, 0.4) is 0 Å². The second-order valence-corrected chi connectivity index (χ2v) is 5.57. The first-order chi connectivity index (χ1) is 8.49. The first kappa shape index (κ1) is 13.5. The second-order valence-electron chi connectivity index (χ2n) is 3.92. The molecular weight excluding hydrogens is 366 g/mol. The van der Waals surface area contributed by atoms with Crippen LogP contribution >= 0.6 is 34.2 Å². The summed E-state index contributed by atoms with van der Waals surface area (Å²) in [6.07, 6.45) is 0. The highest BCUT2D eigenvalue weighted by Gasteiger charge is 2.15. The summed E-state index contributed by atoms with van der Waals surface area (Å²) in [6, 6.07) is 9.82. The highest BCUT2D eigenvalue weighted by molar-refractivity contribution is 14.1. The first-order valence-corrected chi connectivity index (χ1v) is 6.70. The summed E-state index contributed by atoms with van der Waals surface area (Å²) in [4.78, 5) is 12.2. The molecule has 0 aliphatic carbocycles. The molecule has 0 aromatic heterocycles. The van der Waals surface area contributed by atoms with Crippen molar-refractivity contribution in [2.45, 2.75) is 6.92 Å². The number of ketones is 1.